The van der Waals surface area contributed by atoms with Crippen LogP contribution in [-0.2, 0) is 0 Å². The van der Waals surface area contributed by atoms with Gasteiger partial charge in [0, 0.05) is 0 Å². The Morgan fingerprint density at radius 3 is 0.795 bits per heavy atom. The molecule has 0 nitrogen and oxygen atoms in total. The summed E-state index contributed by atoms with van der Waals surface area (Å²) in [4.78, 5) is 0. The van der Waals surface area contributed by atoms with Crippen molar-refractivity contribution in [3.8, 4) is 0 Å². The Morgan fingerprint density at radius 1 is 0.333 bits per heavy atom. The monoisotopic (exact) mass is 659 g/mol. The summed E-state index contributed by atoms with van der Waals surface area (Å²) in [6.07, 6.45) is 0. The fourth-order valence-corrected chi connectivity index (χ4v) is 17.1. The van der Waals surface area contributed by atoms with Gasteiger partial charge in [0.05, 0.1) is 0 Å². The first-order chi connectivity index (χ1) is 17.3. The van der Waals surface area contributed by atoms with Gasteiger partial charge in [-0.2, -0.15) is 0 Å². The van der Waals surface area contributed by atoms with Gasteiger partial charge in [0.25, 0.3) is 0 Å². The van der Waals surface area contributed by atoms with Gasteiger partial charge in [-0.25, -0.2) is 0 Å². The molecule has 0 aliphatic heterocycles. The van der Waals surface area contributed by atoms with Crippen molar-refractivity contribution in [1.82, 2.24) is 0 Å². The summed E-state index contributed by atoms with van der Waals surface area (Å²) in [5.74, 6) is 0. The van der Waals surface area contributed by atoms with Gasteiger partial charge in [-0.1, -0.05) is 0 Å². The van der Waals surface area contributed by atoms with E-state index in [0.717, 1.165) is 34.3 Å². The summed E-state index contributed by atoms with van der Waals surface area (Å²) in [6.45, 7) is 43.8. The topological polar surface area (TPSA) is 0 Å². The van der Waals surface area contributed by atoms with Gasteiger partial charge >= 0.3 is 260 Å². The van der Waals surface area contributed by atoms with Crippen LogP contribution in [0.1, 0.15) is 116 Å². The molecule has 0 saturated heterocycles. The van der Waals surface area contributed by atoms with Gasteiger partial charge in [0.1, 0.15) is 0 Å². The van der Waals surface area contributed by atoms with Crippen LogP contribution in [0.5, 0.6) is 0 Å². The molecule has 0 saturated carbocycles. The first kappa shape index (κ1) is 36.0. The molecule has 4 atom stereocenters. The van der Waals surface area contributed by atoms with Crippen molar-refractivity contribution in [2.45, 2.75) is 145 Å². The van der Waals surface area contributed by atoms with E-state index in [1.807, 2.05) is 0 Å². The summed E-state index contributed by atoms with van der Waals surface area (Å²) >= 11 is -0.908. The normalized spacial score (nSPS) is 14.5. The molecule has 2 aromatic carbocycles. The Morgan fingerprint density at radius 2 is 0.564 bits per heavy atom. The third-order valence-electron chi connectivity index (χ3n) is 7.14. The zero-order valence-corrected chi connectivity index (χ0v) is 35.0. The maximum atomic E-state index is 2.45. The number of rotatable bonds is 6. The minimum absolute atomic E-state index is 0.296. The Bertz CT molecular complexity index is 1120. The van der Waals surface area contributed by atoms with Gasteiger partial charge in [-0.15, -0.1) is 0 Å². The van der Waals surface area contributed by atoms with Gasteiger partial charge in [0.15, 0.2) is 0 Å². The van der Waals surface area contributed by atoms with Crippen molar-refractivity contribution in [2.75, 3.05) is 0 Å². The zero-order chi connectivity index (χ0) is 30.5. The van der Waals surface area contributed by atoms with E-state index in [-0.39, 0.29) is 0 Å². The molecular formula is C34H58GaP4. The minimum atomic E-state index is -0.908. The van der Waals surface area contributed by atoms with E-state index in [2.05, 4.69) is 125 Å². The molecule has 0 aliphatic carbocycles. The first-order valence-corrected chi connectivity index (χ1v) is 21.0. The molecule has 0 fully saturated rings. The van der Waals surface area contributed by atoms with Crippen LogP contribution in [0, 0.1) is 41.5 Å². The average molecular weight is 660 g/mol. The Hall–Kier alpha value is 0.796. The Labute approximate surface area is 258 Å². The van der Waals surface area contributed by atoms with E-state index in [1.54, 1.807) is 62.8 Å². The van der Waals surface area contributed by atoms with E-state index in [9.17, 15) is 0 Å². The molecular weight excluding hydrogens is 602 g/mol. The Kier molecular flexibility index (Phi) is 11.8. The molecule has 0 aromatic heterocycles. The second-order valence-corrected chi connectivity index (χ2v) is 27.8. The summed E-state index contributed by atoms with van der Waals surface area (Å²) in [6, 6.07) is 0. The molecule has 0 amide bonds. The van der Waals surface area contributed by atoms with E-state index < -0.39 is 17.4 Å². The van der Waals surface area contributed by atoms with E-state index in [1.165, 1.54) is 0 Å². The second kappa shape index (κ2) is 12.8. The van der Waals surface area contributed by atoms with Gasteiger partial charge in [-0.05, 0) is 0 Å². The van der Waals surface area contributed by atoms with Crippen LogP contribution in [0.3, 0.4) is 0 Å². The predicted molar refractivity (Wildman–Crippen MR) is 197 cm³/mol. The third-order valence-corrected chi connectivity index (χ3v) is 19.4. The molecule has 217 valence electrons. The number of hydrogen-bond acceptors (Lipinski definition) is 0. The van der Waals surface area contributed by atoms with E-state index in [0.29, 0.717) is 20.6 Å². The molecule has 1 radical (unpaired) electrons. The maximum absolute atomic E-state index is 2.45. The van der Waals surface area contributed by atoms with Crippen molar-refractivity contribution in [3.05, 3.63) is 33.4 Å². The van der Waals surface area contributed by atoms with Crippen LogP contribution in [0.25, 0.3) is 0 Å². The van der Waals surface area contributed by atoms with Gasteiger partial charge < -0.3 is 0 Å². The molecule has 0 N–H and O–H groups in total. The van der Waals surface area contributed by atoms with Crippen LogP contribution in [-0.4, -0.2) is 38.0 Å². The van der Waals surface area contributed by atoms with Crippen molar-refractivity contribution in [2.24, 2.45) is 0 Å². The van der Waals surface area contributed by atoms with Gasteiger partial charge in [0.2, 0.25) is 0 Å². The van der Waals surface area contributed by atoms with Crippen LogP contribution in [0.2, 0.25) is 0 Å². The summed E-state index contributed by atoms with van der Waals surface area (Å²) in [5, 5.41) is 8.10. The molecule has 2 aromatic rings. The van der Waals surface area contributed by atoms with E-state index >= 15 is 0 Å². The van der Waals surface area contributed by atoms with Crippen LogP contribution in [0.4, 0.5) is 0 Å². The molecule has 0 aliphatic rings. The van der Waals surface area contributed by atoms with Crippen LogP contribution < -0.4 is 29.5 Å². The summed E-state index contributed by atoms with van der Waals surface area (Å²) in [5.41, 5.74) is 9.44. The third kappa shape index (κ3) is 9.91. The summed E-state index contributed by atoms with van der Waals surface area (Å²) in [7, 11) is 3.42. The fraction of sp³-hybridized carbons (Fsp3) is 0.647. The van der Waals surface area contributed by atoms with Crippen molar-refractivity contribution in [3.63, 3.8) is 0 Å². The Balaban J connectivity index is 3.03. The first-order valence-electron chi connectivity index (χ1n) is 14.6. The SMILES string of the molecule is Cc1c(C)c(PC(C)(C)C)c(PC(C)(C)C)[c]([Ga][c]2c(C)c(C)c(C)c(PC(C)(C)C)c2PC(C)(C)C)c1C. The zero-order valence-electron chi connectivity index (χ0n) is 28.6. The van der Waals surface area contributed by atoms with Crippen molar-refractivity contribution in [1.29, 1.82) is 0 Å². The molecule has 5 heteroatoms. The molecule has 39 heavy (non-hydrogen) atoms. The molecule has 0 heterocycles. The average Bonchev–Trinajstić information content (AvgIpc) is 2.72. The quantitative estimate of drug-likeness (QED) is 0.221. The summed E-state index contributed by atoms with van der Waals surface area (Å²) < 4.78 is 3.58. The molecule has 2 rings (SSSR count). The van der Waals surface area contributed by atoms with E-state index in [4.69, 9.17) is 0 Å². The van der Waals surface area contributed by atoms with Crippen molar-refractivity contribution >= 4 is 81.2 Å². The fourth-order valence-electron chi connectivity index (χ4n) is 4.94. The van der Waals surface area contributed by atoms with Crippen molar-refractivity contribution < 1.29 is 0 Å². The second-order valence-electron chi connectivity index (χ2n) is 15.7. The number of hydrogen-bond donors (Lipinski definition) is 0. The predicted octanol–water partition coefficient (Wildman–Crippen LogP) is 7.60. The van der Waals surface area contributed by atoms with Crippen LogP contribution in [0.15, 0.2) is 0 Å². The molecule has 0 bridgehead atoms. The van der Waals surface area contributed by atoms with Crippen LogP contribution >= 0.6 is 34.3 Å². The van der Waals surface area contributed by atoms with Gasteiger partial charge in [-0.3, -0.25) is 0 Å². The number of benzene rings is 2. The molecule has 4 unspecified atom stereocenters. The molecule has 0 spiro atoms. The standard InChI is InChI=1S/2C17H29P2.Ga/c2*1-11-10-14(18-16(4,5)6)15(13(3)12(11)2)19-17(7,8)9;/h2*18-19H,1-9H3;.